The number of carbonyl (C=O) groups is 1. The van der Waals surface area contributed by atoms with Crippen LogP contribution in [-0.2, 0) is 11.2 Å². The fraction of sp³-hybridized carbons (Fsp3) is 0.333. The number of benzene rings is 1. The number of halogens is 1. The second-order valence-electron chi connectivity index (χ2n) is 5.14. The van der Waals surface area contributed by atoms with Gasteiger partial charge in [0.15, 0.2) is 0 Å². The predicted octanol–water partition coefficient (Wildman–Crippen LogP) is 3.93. The Morgan fingerprint density at radius 3 is 2.36 bits per heavy atom. The summed E-state index contributed by atoms with van der Waals surface area (Å²) in [4.78, 5) is 19.1. The van der Waals surface area contributed by atoms with E-state index in [2.05, 4.69) is 4.98 Å². The van der Waals surface area contributed by atoms with Crippen LogP contribution in [0.2, 0.25) is 5.02 Å². The van der Waals surface area contributed by atoms with Gasteiger partial charge >= 0.3 is 0 Å². The molecular formula is C18H21ClN2O. The number of hydrogen-bond acceptors (Lipinski definition) is 2. The number of nitrogens with zero attached hydrogens (tertiary/aromatic N) is 2. The van der Waals surface area contributed by atoms with E-state index in [9.17, 15) is 4.79 Å². The zero-order valence-corrected chi connectivity index (χ0v) is 13.8. The summed E-state index contributed by atoms with van der Waals surface area (Å²) in [5, 5.41) is 0.677. The van der Waals surface area contributed by atoms with Crippen LogP contribution in [0.25, 0.3) is 0 Å². The first-order valence-electron chi connectivity index (χ1n) is 7.59. The molecule has 0 N–H and O–H groups in total. The molecule has 2 rings (SSSR count). The van der Waals surface area contributed by atoms with Gasteiger partial charge in [-0.25, -0.2) is 0 Å². The minimum absolute atomic E-state index is 0.137. The largest absolute Gasteiger partial charge is 0.343 e. The molecule has 1 unspecified atom stereocenters. The van der Waals surface area contributed by atoms with Gasteiger partial charge in [-0.15, -0.1) is 0 Å². The molecule has 0 saturated heterocycles. The highest BCUT2D eigenvalue weighted by Gasteiger charge is 2.25. The zero-order chi connectivity index (χ0) is 15.9. The molecule has 1 heterocycles. The van der Waals surface area contributed by atoms with Gasteiger partial charge in [-0.3, -0.25) is 9.78 Å². The molecule has 0 aliphatic carbocycles. The maximum absolute atomic E-state index is 12.9. The average molecular weight is 317 g/mol. The van der Waals surface area contributed by atoms with E-state index < -0.39 is 0 Å². The SMILES string of the molecule is CCN(CC)C(=O)C(Cc1ccccn1)c1ccc(Cl)cc1. The highest BCUT2D eigenvalue weighted by atomic mass is 35.5. The summed E-state index contributed by atoms with van der Waals surface area (Å²) >= 11 is 5.97. The third-order valence-corrected chi connectivity index (χ3v) is 4.04. The number of aromatic nitrogens is 1. The first kappa shape index (κ1) is 16.5. The molecule has 0 aliphatic rings. The van der Waals surface area contributed by atoms with E-state index in [4.69, 9.17) is 11.6 Å². The van der Waals surface area contributed by atoms with Crippen LogP contribution in [0.5, 0.6) is 0 Å². The van der Waals surface area contributed by atoms with Crippen molar-refractivity contribution in [2.24, 2.45) is 0 Å². The molecule has 1 aromatic carbocycles. The normalized spacial score (nSPS) is 12.0. The second-order valence-corrected chi connectivity index (χ2v) is 5.58. The minimum Gasteiger partial charge on any atom is -0.343 e. The number of pyridine rings is 1. The van der Waals surface area contributed by atoms with Crippen molar-refractivity contribution in [1.82, 2.24) is 9.88 Å². The summed E-state index contributed by atoms with van der Waals surface area (Å²) in [6.45, 7) is 5.42. The van der Waals surface area contributed by atoms with Crippen molar-refractivity contribution in [2.45, 2.75) is 26.2 Å². The molecule has 4 heteroatoms. The molecule has 0 spiro atoms. The predicted molar refractivity (Wildman–Crippen MR) is 90.1 cm³/mol. The average Bonchev–Trinajstić information content (AvgIpc) is 2.55. The van der Waals surface area contributed by atoms with Gasteiger partial charge in [0, 0.05) is 36.4 Å². The highest BCUT2D eigenvalue weighted by molar-refractivity contribution is 6.30. The maximum Gasteiger partial charge on any atom is 0.230 e. The number of carbonyl (C=O) groups excluding carboxylic acids is 1. The molecule has 3 nitrogen and oxygen atoms in total. The van der Waals surface area contributed by atoms with Crippen molar-refractivity contribution in [3.8, 4) is 0 Å². The van der Waals surface area contributed by atoms with Crippen molar-refractivity contribution in [3.63, 3.8) is 0 Å². The lowest BCUT2D eigenvalue weighted by Gasteiger charge is -2.25. The van der Waals surface area contributed by atoms with Gasteiger partial charge in [0.1, 0.15) is 0 Å². The van der Waals surface area contributed by atoms with Crippen LogP contribution in [-0.4, -0.2) is 28.9 Å². The third-order valence-electron chi connectivity index (χ3n) is 3.78. The van der Waals surface area contributed by atoms with Crippen molar-refractivity contribution in [2.75, 3.05) is 13.1 Å². The first-order chi connectivity index (χ1) is 10.7. The van der Waals surface area contributed by atoms with E-state index in [0.717, 1.165) is 11.3 Å². The second kappa shape index (κ2) is 7.95. The lowest BCUT2D eigenvalue weighted by atomic mass is 9.92. The smallest absolute Gasteiger partial charge is 0.230 e. The number of amides is 1. The van der Waals surface area contributed by atoms with E-state index in [-0.39, 0.29) is 11.8 Å². The molecule has 0 radical (unpaired) electrons. The number of rotatable bonds is 6. The summed E-state index contributed by atoms with van der Waals surface area (Å²) in [5.41, 5.74) is 1.90. The Balaban J connectivity index is 2.31. The van der Waals surface area contributed by atoms with Gasteiger partial charge in [-0.2, -0.15) is 0 Å². The van der Waals surface area contributed by atoms with Gasteiger partial charge < -0.3 is 4.90 Å². The Labute approximate surface area is 136 Å². The number of likely N-dealkylation sites (N-methyl/N-ethyl adjacent to an activating group) is 1. The molecule has 0 fully saturated rings. The Hall–Kier alpha value is -1.87. The van der Waals surface area contributed by atoms with Gasteiger partial charge in [0.2, 0.25) is 5.91 Å². The Bertz CT molecular complexity index is 594. The van der Waals surface area contributed by atoms with Crippen molar-refractivity contribution in [3.05, 3.63) is 64.9 Å². The summed E-state index contributed by atoms with van der Waals surface area (Å²) in [7, 11) is 0. The summed E-state index contributed by atoms with van der Waals surface area (Å²) in [5.74, 6) is -0.0926. The van der Waals surface area contributed by atoms with Gasteiger partial charge in [-0.05, 0) is 43.7 Å². The molecule has 22 heavy (non-hydrogen) atoms. The summed E-state index contributed by atoms with van der Waals surface area (Å²) < 4.78 is 0. The Morgan fingerprint density at radius 1 is 1.14 bits per heavy atom. The van der Waals surface area contributed by atoms with E-state index in [0.29, 0.717) is 24.5 Å². The van der Waals surface area contributed by atoms with Crippen molar-refractivity contribution in [1.29, 1.82) is 0 Å². The van der Waals surface area contributed by atoms with Crippen LogP contribution in [0.1, 0.15) is 31.0 Å². The van der Waals surface area contributed by atoms with Crippen LogP contribution in [0.3, 0.4) is 0 Å². The molecule has 1 aromatic heterocycles. The summed E-state index contributed by atoms with van der Waals surface area (Å²) in [6, 6.07) is 13.3. The maximum atomic E-state index is 12.9. The van der Waals surface area contributed by atoms with Crippen LogP contribution < -0.4 is 0 Å². The zero-order valence-electron chi connectivity index (χ0n) is 13.0. The fourth-order valence-corrected chi connectivity index (χ4v) is 2.65. The molecule has 1 atom stereocenters. The molecule has 116 valence electrons. The standard InChI is InChI=1S/C18H21ClN2O/c1-3-21(4-2)18(22)17(13-16-7-5-6-12-20-16)14-8-10-15(19)11-9-14/h5-12,17H,3-4,13H2,1-2H3. The minimum atomic E-state index is -0.230. The van der Waals surface area contributed by atoms with E-state index in [1.54, 1.807) is 6.20 Å². The number of hydrogen-bond donors (Lipinski definition) is 0. The van der Waals surface area contributed by atoms with Gasteiger partial charge in [0.05, 0.1) is 5.92 Å². The Morgan fingerprint density at radius 2 is 1.82 bits per heavy atom. The Kier molecular flexibility index (Phi) is 5.96. The van der Waals surface area contributed by atoms with Crippen molar-refractivity contribution < 1.29 is 4.79 Å². The topological polar surface area (TPSA) is 33.2 Å². The summed E-state index contributed by atoms with van der Waals surface area (Å²) in [6.07, 6.45) is 2.36. The van der Waals surface area contributed by atoms with Crippen molar-refractivity contribution >= 4 is 17.5 Å². The van der Waals surface area contributed by atoms with Crippen LogP contribution in [0, 0.1) is 0 Å². The molecular weight excluding hydrogens is 296 g/mol. The molecule has 1 amide bonds. The quantitative estimate of drug-likeness (QED) is 0.809. The molecule has 0 bridgehead atoms. The fourth-order valence-electron chi connectivity index (χ4n) is 2.53. The highest BCUT2D eigenvalue weighted by Crippen LogP contribution is 2.24. The van der Waals surface area contributed by atoms with Crippen LogP contribution in [0.15, 0.2) is 48.7 Å². The molecule has 2 aromatic rings. The lowest BCUT2D eigenvalue weighted by Crippen LogP contribution is -2.35. The van der Waals surface area contributed by atoms with Crippen LogP contribution >= 0.6 is 11.6 Å². The van der Waals surface area contributed by atoms with E-state index in [1.807, 2.05) is 61.2 Å². The molecule has 0 aliphatic heterocycles. The monoisotopic (exact) mass is 316 g/mol. The van der Waals surface area contributed by atoms with Gasteiger partial charge in [0.25, 0.3) is 0 Å². The van der Waals surface area contributed by atoms with E-state index in [1.165, 1.54) is 0 Å². The van der Waals surface area contributed by atoms with Crippen LogP contribution in [0.4, 0.5) is 0 Å². The first-order valence-corrected chi connectivity index (χ1v) is 7.97. The lowest BCUT2D eigenvalue weighted by molar-refractivity contribution is -0.132. The van der Waals surface area contributed by atoms with Gasteiger partial charge in [-0.1, -0.05) is 29.8 Å². The molecule has 0 saturated carbocycles. The van der Waals surface area contributed by atoms with E-state index >= 15 is 0 Å². The third kappa shape index (κ3) is 4.08.